The van der Waals surface area contributed by atoms with Crippen LogP contribution in [-0.4, -0.2) is 53.3 Å². The number of likely N-dealkylation sites (tertiary alicyclic amines) is 2. The first-order valence-electron chi connectivity index (χ1n) is 6.95. The molecule has 5 heteroatoms. The zero-order valence-corrected chi connectivity index (χ0v) is 11.1. The summed E-state index contributed by atoms with van der Waals surface area (Å²) in [5.74, 6) is -0.0308. The highest BCUT2D eigenvalue weighted by Crippen LogP contribution is 2.30. The van der Waals surface area contributed by atoms with Gasteiger partial charge in [0.2, 0.25) is 11.8 Å². The minimum Gasteiger partial charge on any atom is -0.369 e. The number of nitrogens with zero attached hydrogens (tertiary/aromatic N) is 2. The molecule has 2 aliphatic heterocycles. The molecule has 5 nitrogen and oxygen atoms in total. The number of primary amides is 1. The van der Waals surface area contributed by atoms with Crippen LogP contribution in [0.1, 0.15) is 39.0 Å². The maximum Gasteiger partial charge on any atom is 0.231 e. The van der Waals surface area contributed by atoms with Crippen LogP contribution in [0, 0.1) is 0 Å². The molecule has 0 aliphatic carbocycles. The predicted molar refractivity (Wildman–Crippen MR) is 68.8 cm³/mol. The Kier molecular flexibility index (Phi) is 4.22. The van der Waals surface area contributed by atoms with Crippen molar-refractivity contribution in [3.05, 3.63) is 0 Å². The highest BCUT2D eigenvalue weighted by molar-refractivity contribution is 5.77. The quantitative estimate of drug-likeness (QED) is 0.785. The summed E-state index contributed by atoms with van der Waals surface area (Å²) in [4.78, 5) is 27.2. The highest BCUT2D eigenvalue weighted by atomic mass is 16.2. The van der Waals surface area contributed by atoms with Crippen LogP contribution in [0.2, 0.25) is 0 Å². The van der Waals surface area contributed by atoms with E-state index in [2.05, 4.69) is 4.90 Å². The van der Waals surface area contributed by atoms with Crippen molar-refractivity contribution in [1.82, 2.24) is 9.80 Å². The molecule has 2 fully saturated rings. The van der Waals surface area contributed by atoms with Crippen molar-refractivity contribution in [1.29, 1.82) is 0 Å². The molecular formula is C13H23N3O2. The number of carbonyl (C=O) groups excluding carboxylic acids is 2. The van der Waals surface area contributed by atoms with E-state index in [0.29, 0.717) is 25.0 Å². The molecule has 2 atom stereocenters. The lowest BCUT2D eigenvalue weighted by atomic mass is 10.0. The van der Waals surface area contributed by atoms with Crippen molar-refractivity contribution in [3.8, 4) is 0 Å². The van der Waals surface area contributed by atoms with Crippen molar-refractivity contribution < 1.29 is 9.59 Å². The fourth-order valence-electron chi connectivity index (χ4n) is 3.39. The number of hydrogen-bond acceptors (Lipinski definition) is 3. The van der Waals surface area contributed by atoms with Gasteiger partial charge in [0, 0.05) is 25.0 Å². The molecule has 0 aromatic heterocycles. The number of nitrogens with two attached hydrogens (primary N) is 1. The van der Waals surface area contributed by atoms with Crippen LogP contribution >= 0.6 is 0 Å². The van der Waals surface area contributed by atoms with Crippen molar-refractivity contribution >= 4 is 11.8 Å². The number of amides is 2. The van der Waals surface area contributed by atoms with Gasteiger partial charge in [-0.3, -0.25) is 14.5 Å². The van der Waals surface area contributed by atoms with E-state index in [1.807, 2.05) is 11.8 Å². The monoisotopic (exact) mass is 253 g/mol. The largest absolute Gasteiger partial charge is 0.369 e. The Morgan fingerprint density at radius 3 is 2.50 bits per heavy atom. The molecule has 2 rings (SSSR count). The summed E-state index contributed by atoms with van der Waals surface area (Å²) in [7, 11) is 0. The molecule has 18 heavy (non-hydrogen) atoms. The van der Waals surface area contributed by atoms with Crippen molar-refractivity contribution in [2.75, 3.05) is 19.6 Å². The fraction of sp³-hybridized carbons (Fsp3) is 0.846. The van der Waals surface area contributed by atoms with E-state index < -0.39 is 0 Å². The smallest absolute Gasteiger partial charge is 0.231 e. The van der Waals surface area contributed by atoms with Gasteiger partial charge in [0.25, 0.3) is 0 Å². The lowest BCUT2D eigenvalue weighted by Crippen LogP contribution is -2.49. The normalized spacial score (nSPS) is 28.8. The average Bonchev–Trinajstić information content (AvgIpc) is 2.94. The van der Waals surface area contributed by atoms with Crippen LogP contribution in [0.5, 0.6) is 0 Å². The molecule has 0 saturated carbocycles. The van der Waals surface area contributed by atoms with Gasteiger partial charge in [-0.1, -0.05) is 6.92 Å². The summed E-state index contributed by atoms with van der Waals surface area (Å²) >= 11 is 0. The lowest BCUT2D eigenvalue weighted by molar-refractivity contribution is -0.132. The Morgan fingerprint density at radius 1 is 1.17 bits per heavy atom. The molecule has 2 amide bonds. The van der Waals surface area contributed by atoms with E-state index in [0.717, 1.165) is 38.8 Å². The van der Waals surface area contributed by atoms with Gasteiger partial charge in [-0.15, -0.1) is 0 Å². The van der Waals surface area contributed by atoms with Gasteiger partial charge in [-0.25, -0.2) is 0 Å². The number of hydrogen-bond donors (Lipinski definition) is 1. The van der Waals surface area contributed by atoms with Gasteiger partial charge in [0.1, 0.15) is 0 Å². The van der Waals surface area contributed by atoms with Crippen molar-refractivity contribution in [3.63, 3.8) is 0 Å². The van der Waals surface area contributed by atoms with E-state index in [1.165, 1.54) is 0 Å². The van der Waals surface area contributed by atoms with Gasteiger partial charge in [-0.05, 0) is 32.2 Å². The molecule has 0 spiro atoms. The molecule has 2 heterocycles. The Balaban J connectivity index is 2.04. The van der Waals surface area contributed by atoms with Crippen LogP contribution in [0.4, 0.5) is 0 Å². The average molecular weight is 253 g/mol. The predicted octanol–water partition coefficient (Wildman–Crippen LogP) is 0.337. The Morgan fingerprint density at radius 2 is 1.83 bits per heavy atom. The summed E-state index contributed by atoms with van der Waals surface area (Å²) in [5, 5.41) is 0. The second-order valence-electron chi connectivity index (χ2n) is 5.30. The Hall–Kier alpha value is -1.10. The van der Waals surface area contributed by atoms with Gasteiger partial charge >= 0.3 is 0 Å². The van der Waals surface area contributed by atoms with Crippen LogP contribution in [0.3, 0.4) is 0 Å². The maximum atomic E-state index is 11.9. The topological polar surface area (TPSA) is 66.6 Å². The third kappa shape index (κ3) is 2.66. The van der Waals surface area contributed by atoms with E-state index in [9.17, 15) is 9.59 Å². The fourth-order valence-corrected chi connectivity index (χ4v) is 3.39. The maximum absolute atomic E-state index is 11.9. The summed E-state index contributed by atoms with van der Waals surface area (Å²) in [6, 6.07) is 0.620. The van der Waals surface area contributed by atoms with Crippen LogP contribution < -0.4 is 5.73 Å². The van der Waals surface area contributed by atoms with Crippen molar-refractivity contribution in [2.24, 2.45) is 5.73 Å². The first kappa shape index (κ1) is 13.3. The van der Waals surface area contributed by atoms with E-state index in [-0.39, 0.29) is 11.8 Å². The summed E-state index contributed by atoms with van der Waals surface area (Å²) in [6.07, 6.45) is 4.88. The van der Waals surface area contributed by atoms with Crippen LogP contribution in [-0.2, 0) is 9.59 Å². The third-order valence-corrected chi connectivity index (χ3v) is 4.14. The zero-order chi connectivity index (χ0) is 13.1. The highest BCUT2D eigenvalue weighted by Gasteiger charge is 2.39. The van der Waals surface area contributed by atoms with Crippen LogP contribution in [0.25, 0.3) is 0 Å². The summed E-state index contributed by atoms with van der Waals surface area (Å²) in [5.41, 5.74) is 5.29. The molecule has 0 radical (unpaired) electrons. The Bertz CT molecular complexity index is 332. The van der Waals surface area contributed by atoms with Gasteiger partial charge < -0.3 is 10.6 Å². The molecule has 0 aromatic carbocycles. The number of rotatable bonds is 4. The molecular weight excluding hydrogens is 230 g/mol. The van der Waals surface area contributed by atoms with Gasteiger partial charge in [-0.2, -0.15) is 0 Å². The van der Waals surface area contributed by atoms with Crippen LogP contribution in [0.15, 0.2) is 0 Å². The number of carbonyl (C=O) groups is 2. The minimum absolute atomic E-state index is 0.239. The van der Waals surface area contributed by atoms with Gasteiger partial charge in [0.15, 0.2) is 0 Å². The second-order valence-corrected chi connectivity index (χ2v) is 5.30. The third-order valence-electron chi connectivity index (χ3n) is 4.14. The SMILES string of the molecule is CCC(=O)N1CCCC1C1CCCN1CC(N)=O. The summed E-state index contributed by atoms with van der Waals surface area (Å²) < 4.78 is 0. The first-order valence-corrected chi connectivity index (χ1v) is 6.95. The molecule has 2 saturated heterocycles. The first-order chi connectivity index (χ1) is 8.63. The second kappa shape index (κ2) is 5.69. The Labute approximate surface area is 108 Å². The molecule has 0 bridgehead atoms. The van der Waals surface area contributed by atoms with Gasteiger partial charge in [0.05, 0.1) is 6.54 Å². The molecule has 2 unspecified atom stereocenters. The molecule has 0 aromatic rings. The minimum atomic E-state index is -0.270. The van der Waals surface area contributed by atoms with E-state index in [4.69, 9.17) is 5.73 Å². The molecule has 102 valence electrons. The molecule has 2 N–H and O–H groups in total. The van der Waals surface area contributed by atoms with E-state index >= 15 is 0 Å². The lowest BCUT2D eigenvalue weighted by Gasteiger charge is -2.34. The van der Waals surface area contributed by atoms with E-state index in [1.54, 1.807) is 0 Å². The molecule has 2 aliphatic rings. The summed E-state index contributed by atoms with van der Waals surface area (Å²) in [6.45, 7) is 4.04. The zero-order valence-electron chi connectivity index (χ0n) is 11.1. The standard InChI is InChI=1S/C13H23N3O2/c1-2-13(18)16-8-4-6-11(16)10-5-3-7-15(10)9-12(14)17/h10-11H,2-9H2,1H3,(H2,14,17). The van der Waals surface area contributed by atoms with Crippen molar-refractivity contribution in [2.45, 2.75) is 51.1 Å².